The van der Waals surface area contributed by atoms with Gasteiger partial charge in [0.2, 0.25) is 27.7 Å². The van der Waals surface area contributed by atoms with Crippen LogP contribution in [0.25, 0.3) is 21.9 Å². The fraction of sp³-hybridized carbons (Fsp3) is 0.585. The third kappa shape index (κ3) is 10.9. The van der Waals surface area contributed by atoms with Gasteiger partial charge >= 0.3 is 6.09 Å². The highest BCUT2D eigenvalue weighted by Gasteiger charge is 2.63. The van der Waals surface area contributed by atoms with Crippen LogP contribution in [0.2, 0.25) is 0 Å². The smallest absolute Gasteiger partial charge is 0.408 e. The molecule has 4 aromatic rings. The maximum Gasteiger partial charge on any atom is 0.408 e. The molecule has 3 aliphatic carbocycles. The minimum absolute atomic E-state index is 0.0144. The van der Waals surface area contributed by atoms with Crippen LogP contribution in [-0.4, -0.2) is 124 Å². The minimum Gasteiger partial charge on any atom is -0.492 e. The topological polar surface area (TPSA) is 214 Å². The van der Waals surface area contributed by atoms with Crippen LogP contribution in [0.5, 0.6) is 11.6 Å². The Morgan fingerprint density at radius 1 is 1.01 bits per heavy atom. The first-order chi connectivity index (χ1) is 33.9. The molecule has 18 heteroatoms. The van der Waals surface area contributed by atoms with Crippen LogP contribution in [0.1, 0.15) is 110 Å². The number of carbonyl (C=O) groups excluding carboxylic acids is 4. The van der Waals surface area contributed by atoms with Crippen molar-refractivity contribution in [3.8, 4) is 11.6 Å². The summed E-state index contributed by atoms with van der Waals surface area (Å²) < 4.78 is 47.3. The van der Waals surface area contributed by atoms with Gasteiger partial charge in [0.1, 0.15) is 41.4 Å². The zero-order valence-electron chi connectivity index (χ0n) is 41.8. The number of para-hydroxylation sites is 3. The summed E-state index contributed by atoms with van der Waals surface area (Å²) in [5.41, 5.74) is 1.07. The third-order valence-corrected chi connectivity index (χ3v) is 17.5. The molecule has 0 unspecified atom stereocenters. The molecule has 5 aliphatic rings. The summed E-state index contributed by atoms with van der Waals surface area (Å²) in [4.78, 5) is 74.2. The Bertz CT molecular complexity index is 2750. The molecule has 4 heterocycles. The highest BCUT2D eigenvalue weighted by atomic mass is 32.2. The average Bonchev–Trinajstić information content (AvgIpc) is 4.29. The summed E-state index contributed by atoms with van der Waals surface area (Å²) in [5, 5.41) is 6.58. The predicted octanol–water partition coefficient (Wildman–Crippen LogP) is 6.50. The van der Waals surface area contributed by atoms with Gasteiger partial charge in [-0.3, -0.25) is 19.1 Å². The second kappa shape index (κ2) is 20.0. The number of sulfonamides is 1. The number of H-pyrrole nitrogens is 1. The quantitative estimate of drug-likeness (QED) is 0.0743. The summed E-state index contributed by atoms with van der Waals surface area (Å²) in [7, 11) is -4.03. The Kier molecular flexibility index (Phi) is 14.2. The van der Waals surface area contributed by atoms with Crippen molar-refractivity contribution in [3.05, 3.63) is 72.6 Å². The molecule has 2 aromatic carbocycles. The number of likely N-dealkylation sites (N-methyl/N-ethyl adjacent to an activating group) is 1. The van der Waals surface area contributed by atoms with E-state index in [0.29, 0.717) is 43.0 Å². The van der Waals surface area contributed by atoms with Crippen molar-refractivity contribution in [3.63, 3.8) is 0 Å². The molecular weight excluding hydrogens is 925 g/mol. The lowest BCUT2D eigenvalue weighted by Gasteiger charge is -2.35. The molecule has 2 bridgehead atoms. The lowest BCUT2D eigenvalue weighted by Crippen LogP contribution is -2.60. The van der Waals surface area contributed by atoms with Crippen molar-refractivity contribution in [2.75, 3.05) is 32.8 Å². The summed E-state index contributed by atoms with van der Waals surface area (Å²) in [5.74, 6) is -0.326. The van der Waals surface area contributed by atoms with Crippen LogP contribution in [0.4, 0.5) is 4.79 Å². The summed E-state index contributed by atoms with van der Waals surface area (Å²) in [6, 6.07) is 13.6. The third-order valence-electron chi connectivity index (χ3n) is 15.3. The van der Waals surface area contributed by atoms with Gasteiger partial charge in [-0.05, 0) is 100 Å². The first kappa shape index (κ1) is 50.2. The van der Waals surface area contributed by atoms with E-state index in [1.165, 1.54) is 11.0 Å². The second-order valence-corrected chi connectivity index (χ2v) is 23.9. The number of nitrogens with zero attached hydrogens (tertiary/aromatic N) is 4. The number of alkyl carbamates (subject to hydrolysis) is 1. The molecule has 2 aliphatic heterocycles. The number of benzene rings is 2. The van der Waals surface area contributed by atoms with Crippen LogP contribution in [0.15, 0.2) is 61.2 Å². The van der Waals surface area contributed by atoms with E-state index in [1.54, 1.807) is 6.92 Å². The number of ether oxygens (including phenoxy) is 3. The number of carbonyl (C=O) groups is 4. The van der Waals surface area contributed by atoms with Crippen molar-refractivity contribution in [2.45, 2.75) is 146 Å². The van der Waals surface area contributed by atoms with Gasteiger partial charge in [-0.15, -0.1) is 6.58 Å². The van der Waals surface area contributed by atoms with E-state index in [0.717, 1.165) is 92.4 Å². The zero-order valence-corrected chi connectivity index (χ0v) is 42.6. The van der Waals surface area contributed by atoms with Crippen molar-refractivity contribution >= 4 is 55.8 Å². The maximum atomic E-state index is 15.0. The molecular formula is C53H70N8O9S. The molecule has 71 heavy (non-hydrogen) atoms. The first-order valence-corrected chi connectivity index (χ1v) is 27.1. The number of aromatic nitrogens is 3. The van der Waals surface area contributed by atoms with Crippen LogP contribution < -0.4 is 24.8 Å². The van der Waals surface area contributed by atoms with E-state index in [1.807, 2.05) is 69.3 Å². The van der Waals surface area contributed by atoms with Gasteiger partial charge in [-0.2, -0.15) is 0 Å². The SMILES string of the molecule is C=C[C@@H]1C[C@]1(NC(=O)[C@@H]1C[C@@H]2CN1C(=O)[C@H](C(C)(C)C)NC(=O)O[C@@H]1C[C@H]1CCCCCc1c(nc3ccccc3c1OCCCN(CC)CCc1nc3ccccc3[nH]1)O2)C(=O)NS(=O)(=O)C1(C)CC1. The van der Waals surface area contributed by atoms with Gasteiger partial charge in [0, 0.05) is 37.2 Å². The largest absolute Gasteiger partial charge is 0.492 e. The summed E-state index contributed by atoms with van der Waals surface area (Å²) >= 11 is 0. The fourth-order valence-electron chi connectivity index (χ4n) is 10.3. The Hall–Kier alpha value is -5.75. The Balaban J connectivity index is 0.988. The highest BCUT2D eigenvalue weighted by molar-refractivity contribution is 7.91. The predicted molar refractivity (Wildman–Crippen MR) is 269 cm³/mol. The van der Waals surface area contributed by atoms with E-state index in [4.69, 9.17) is 24.2 Å². The standard InChI is InChI=1S/C53H70N8O9S/c1-7-34-31-53(34,49(64)59-71(66,67)52(6)24-25-52)58-46(62)41-30-35-32-61(41)48(63)45(51(3,4)5)57-50(65)70-42-29-33(42)17-10-9-11-19-37-44(36-18-12-13-20-38(36)56-47(37)69-35)68-28-16-26-60(8-2)27-23-43-54-39-21-14-15-22-40(39)55-43/h7,12-15,18,20-22,33-35,41-42,45H,1,8-11,16-17,19,23-32H2,2-6H3,(H,54,55)(H,57,65)(H,58,62)(H,59,64)/t33-,34-,35-,41+,42-,45-,53-/m1/s1. The monoisotopic (exact) mass is 994 g/mol. The minimum atomic E-state index is -4.03. The van der Waals surface area contributed by atoms with E-state index >= 15 is 0 Å². The number of pyridine rings is 1. The van der Waals surface area contributed by atoms with Crippen molar-refractivity contribution < 1.29 is 41.8 Å². The van der Waals surface area contributed by atoms with Crippen LogP contribution >= 0.6 is 0 Å². The normalized spacial score (nSPS) is 26.5. The summed E-state index contributed by atoms with van der Waals surface area (Å²) in [6.45, 7) is 16.0. The number of aromatic amines is 1. The van der Waals surface area contributed by atoms with Crippen molar-refractivity contribution in [1.29, 1.82) is 0 Å². The van der Waals surface area contributed by atoms with E-state index in [-0.39, 0.29) is 31.4 Å². The first-order valence-electron chi connectivity index (χ1n) is 25.6. The molecule has 382 valence electrons. The zero-order chi connectivity index (χ0) is 50.3. The molecule has 4 N–H and O–H groups in total. The Morgan fingerprint density at radius 2 is 1.77 bits per heavy atom. The van der Waals surface area contributed by atoms with E-state index in [2.05, 4.69) is 38.7 Å². The van der Waals surface area contributed by atoms with Crippen LogP contribution in [0.3, 0.4) is 0 Å². The highest BCUT2D eigenvalue weighted by Crippen LogP contribution is 2.47. The van der Waals surface area contributed by atoms with Gasteiger partial charge in [-0.25, -0.2) is 23.2 Å². The summed E-state index contributed by atoms with van der Waals surface area (Å²) in [6.07, 6.45) is 7.29. The number of rotatable bonds is 15. The molecule has 3 saturated carbocycles. The number of fused-ring (bicyclic) bond motifs is 6. The molecule has 1 saturated heterocycles. The number of amides is 4. The molecule has 17 nitrogen and oxygen atoms in total. The molecule has 0 radical (unpaired) electrons. The van der Waals surface area contributed by atoms with Crippen molar-refractivity contribution in [2.24, 2.45) is 17.3 Å². The number of imidazole rings is 1. The molecule has 2 aromatic heterocycles. The molecule has 4 amide bonds. The molecule has 9 rings (SSSR count). The fourth-order valence-corrected chi connectivity index (χ4v) is 11.6. The lowest BCUT2D eigenvalue weighted by molar-refractivity contribution is -0.142. The molecule has 4 fully saturated rings. The number of hydrogen-bond donors (Lipinski definition) is 4. The Labute approximate surface area is 416 Å². The van der Waals surface area contributed by atoms with Gasteiger partial charge < -0.3 is 39.6 Å². The molecule has 0 spiro atoms. The van der Waals surface area contributed by atoms with Gasteiger partial charge in [0.05, 0.1) is 40.0 Å². The second-order valence-electron chi connectivity index (χ2n) is 21.7. The lowest BCUT2D eigenvalue weighted by atomic mass is 9.85. The van der Waals surface area contributed by atoms with Crippen LogP contribution in [0, 0.1) is 17.3 Å². The van der Waals surface area contributed by atoms with Gasteiger partial charge in [0.25, 0.3) is 5.91 Å². The van der Waals surface area contributed by atoms with E-state index < -0.39 is 73.6 Å². The number of hydrogen-bond acceptors (Lipinski definition) is 12. The van der Waals surface area contributed by atoms with Gasteiger partial charge in [0.15, 0.2) is 0 Å². The maximum absolute atomic E-state index is 15.0. The van der Waals surface area contributed by atoms with E-state index in [9.17, 15) is 27.6 Å². The molecule has 7 atom stereocenters. The average molecular weight is 995 g/mol. The number of nitrogens with one attached hydrogen (secondary N) is 4. The van der Waals surface area contributed by atoms with Crippen molar-refractivity contribution in [1.82, 2.24) is 40.1 Å². The van der Waals surface area contributed by atoms with Crippen LogP contribution in [-0.2, 0) is 42.0 Å². The Morgan fingerprint density at radius 3 is 2.49 bits per heavy atom. The van der Waals surface area contributed by atoms with Gasteiger partial charge in [-0.1, -0.05) is 70.9 Å².